The van der Waals surface area contributed by atoms with Crippen molar-refractivity contribution in [3.8, 4) is 0 Å². The fourth-order valence-electron chi connectivity index (χ4n) is 3.14. The van der Waals surface area contributed by atoms with Gasteiger partial charge in [0.05, 0.1) is 0 Å². The predicted molar refractivity (Wildman–Crippen MR) is 68.3 cm³/mol. The van der Waals surface area contributed by atoms with E-state index in [0.717, 1.165) is 18.2 Å². The number of carbonyl (C=O) groups excluding carboxylic acids is 1. The van der Waals surface area contributed by atoms with Crippen LogP contribution in [0.1, 0.15) is 26.7 Å². The minimum atomic E-state index is -0.477. The third-order valence-electron chi connectivity index (χ3n) is 4.48. The van der Waals surface area contributed by atoms with Crippen LogP contribution in [-0.2, 0) is 4.79 Å². The number of ketones is 1. The van der Waals surface area contributed by atoms with Crippen molar-refractivity contribution in [1.29, 1.82) is 0 Å². The summed E-state index contributed by atoms with van der Waals surface area (Å²) in [5, 5.41) is 0.895. The lowest BCUT2D eigenvalue weighted by Gasteiger charge is -2.34. The van der Waals surface area contributed by atoms with Gasteiger partial charge in [0, 0.05) is 10.7 Å². The van der Waals surface area contributed by atoms with Crippen LogP contribution in [0.4, 0.5) is 0 Å². The molecule has 1 nitrogen and oxygen atoms in total. The van der Waals surface area contributed by atoms with Gasteiger partial charge in [-0.25, -0.2) is 0 Å². The Morgan fingerprint density at radius 2 is 2.00 bits per heavy atom. The maximum atomic E-state index is 12.3. The summed E-state index contributed by atoms with van der Waals surface area (Å²) >= 11 is 10.7. The molecule has 0 aromatic rings. The number of halogens is 3. The summed E-state index contributed by atoms with van der Waals surface area (Å²) in [4.78, 5) is 12.3. The normalized spacial score (nSPS) is 50.1. The number of hydrogen-bond acceptors (Lipinski definition) is 1. The number of Topliss-reactive ketones (excluding diaryl/α,β-unsaturated/α-hetero) is 1. The highest BCUT2D eigenvalue weighted by Crippen LogP contribution is 2.71. The van der Waals surface area contributed by atoms with Crippen LogP contribution >= 0.6 is 47.8 Å². The summed E-state index contributed by atoms with van der Waals surface area (Å²) in [6.45, 7) is 4.34. The van der Waals surface area contributed by atoms with Gasteiger partial charge in [-0.2, -0.15) is 0 Å². The molecule has 3 unspecified atom stereocenters. The first kappa shape index (κ1) is 11.6. The third kappa shape index (κ3) is 1.03. The van der Waals surface area contributed by atoms with E-state index in [1.807, 2.05) is 0 Å². The van der Waals surface area contributed by atoms with Crippen LogP contribution in [0.3, 0.4) is 0 Å². The Morgan fingerprint density at radius 1 is 1.43 bits per heavy atom. The average molecular weight is 389 g/mol. The first-order valence-electron chi connectivity index (χ1n) is 4.79. The van der Waals surface area contributed by atoms with E-state index in [-0.39, 0.29) is 10.8 Å². The quantitative estimate of drug-likeness (QED) is 0.623. The van der Waals surface area contributed by atoms with E-state index in [1.165, 1.54) is 0 Å². The Bertz CT molecular complexity index is 302. The molecule has 2 aliphatic carbocycles. The average Bonchev–Trinajstić information content (AvgIpc) is 2.44. The number of carbonyl (C=O) groups is 1. The fourth-order valence-corrected chi connectivity index (χ4v) is 6.50. The topological polar surface area (TPSA) is 17.1 Å². The minimum absolute atomic E-state index is 0.0804. The van der Waals surface area contributed by atoms with Crippen molar-refractivity contribution in [2.24, 2.45) is 16.7 Å². The lowest BCUT2D eigenvalue weighted by atomic mass is 9.70. The van der Waals surface area contributed by atoms with Gasteiger partial charge in [0.1, 0.15) is 3.23 Å². The summed E-state index contributed by atoms with van der Waals surface area (Å²) in [6, 6.07) is 0. The van der Waals surface area contributed by atoms with Crippen LogP contribution in [0.2, 0.25) is 0 Å². The lowest BCUT2D eigenvalue weighted by molar-refractivity contribution is -0.128. The lowest BCUT2D eigenvalue weighted by Crippen LogP contribution is -2.38. The Balaban J connectivity index is 2.56. The molecule has 2 fully saturated rings. The zero-order valence-corrected chi connectivity index (χ0v) is 13.0. The largest absolute Gasteiger partial charge is 0.296 e. The Morgan fingerprint density at radius 3 is 2.29 bits per heavy atom. The van der Waals surface area contributed by atoms with Gasteiger partial charge in [0.25, 0.3) is 0 Å². The van der Waals surface area contributed by atoms with Crippen LogP contribution < -0.4 is 0 Å². The zero-order chi connectivity index (χ0) is 10.8. The molecule has 80 valence electrons. The van der Waals surface area contributed by atoms with Gasteiger partial charge >= 0.3 is 0 Å². The highest BCUT2D eigenvalue weighted by atomic mass is 79.9. The summed E-state index contributed by atoms with van der Waals surface area (Å²) < 4.78 is -0.477. The zero-order valence-electron chi connectivity index (χ0n) is 8.24. The molecule has 0 heterocycles. The van der Waals surface area contributed by atoms with Crippen LogP contribution in [0.15, 0.2) is 0 Å². The van der Waals surface area contributed by atoms with E-state index >= 15 is 0 Å². The van der Waals surface area contributed by atoms with Gasteiger partial charge in [-0.05, 0) is 24.2 Å². The number of hydrogen-bond donors (Lipinski definition) is 0. The third-order valence-corrected chi connectivity index (χ3v) is 7.47. The van der Waals surface area contributed by atoms with Gasteiger partial charge in [-0.1, -0.05) is 61.6 Å². The van der Waals surface area contributed by atoms with Gasteiger partial charge in [-0.15, -0.1) is 0 Å². The molecule has 2 bridgehead atoms. The van der Waals surface area contributed by atoms with Gasteiger partial charge < -0.3 is 0 Å². The Kier molecular flexibility index (Phi) is 2.54. The summed E-state index contributed by atoms with van der Waals surface area (Å²) in [7, 11) is 0. The van der Waals surface area contributed by atoms with Crippen molar-refractivity contribution >= 4 is 53.6 Å². The molecule has 2 aliphatic rings. The van der Waals surface area contributed by atoms with E-state index in [1.54, 1.807) is 0 Å². The molecule has 0 spiro atoms. The van der Waals surface area contributed by atoms with Crippen molar-refractivity contribution in [2.75, 3.05) is 5.33 Å². The SMILES string of the molecule is CC12CCC(C(Br)(Br)C1=O)C2(C)CBr. The highest BCUT2D eigenvalue weighted by molar-refractivity contribution is 9.26. The van der Waals surface area contributed by atoms with Crippen LogP contribution in [0, 0.1) is 16.7 Å². The molecule has 0 aliphatic heterocycles. The van der Waals surface area contributed by atoms with Crippen molar-refractivity contribution in [3.63, 3.8) is 0 Å². The van der Waals surface area contributed by atoms with E-state index < -0.39 is 3.23 Å². The van der Waals surface area contributed by atoms with Crippen molar-refractivity contribution in [1.82, 2.24) is 0 Å². The van der Waals surface area contributed by atoms with Gasteiger partial charge in [-0.3, -0.25) is 4.79 Å². The standard InChI is InChI=1S/C10H13Br3O/c1-8-4-3-6(9(8,2)5-11)10(12,13)7(8)14/h6H,3-5H2,1-2H3. The second kappa shape index (κ2) is 3.07. The Hall–Kier alpha value is 1.11. The molecule has 2 rings (SSSR count). The molecule has 0 aromatic heterocycles. The maximum absolute atomic E-state index is 12.3. The molecule has 2 saturated carbocycles. The number of alkyl halides is 3. The van der Waals surface area contributed by atoms with E-state index in [9.17, 15) is 4.79 Å². The monoisotopic (exact) mass is 386 g/mol. The van der Waals surface area contributed by atoms with E-state index in [0.29, 0.717) is 11.7 Å². The van der Waals surface area contributed by atoms with Gasteiger partial charge in [0.2, 0.25) is 0 Å². The molecule has 0 saturated heterocycles. The molecule has 0 radical (unpaired) electrons. The second-order valence-corrected chi connectivity index (χ2v) is 9.05. The predicted octanol–water partition coefficient (Wildman–Crippen LogP) is 3.87. The van der Waals surface area contributed by atoms with Crippen LogP contribution in [-0.4, -0.2) is 14.3 Å². The van der Waals surface area contributed by atoms with E-state index in [2.05, 4.69) is 61.6 Å². The molecule has 0 N–H and O–H groups in total. The van der Waals surface area contributed by atoms with Crippen molar-refractivity contribution < 1.29 is 4.79 Å². The Labute approximate surface area is 110 Å². The molecular formula is C10H13Br3O. The summed E-state index contributed by atoms with van der Waals surface area (Å²) in [5.41, 5.74) is -0.0920. The first-order valence-corrected chi connectivity index (χ1v) is 7.50. The molecule has 3 atom stereocenters. The molecular weight excluding hydrogens is 376 g/mol. The van der Waals surface area contributed by atoms with Crippen LogP contribution in [0.25, 0.3) is 0 Å². The molecule has 0 amide bonds. The summed E-state index contributed by atoms with van der Waals surface area (Å²) in [5.74, 6) is 0.718. The number of fused-ring (bicyclic) bond motifs is 2. The van der Waals surface area contributed by atoms with Gasteiger partial charge in [0.15, 0.2) is 5.78 Å². The first-order chi connectivity index (χ1) is 6.30. The van der Waals surface area contributed by atoms with Crippen molar-refractivity contribution in [2.45, 2.75) is 29.9 Å². The molecule has 4 heteroatoms. The van der Waals surface area contributed by atoms with Crippen molar-refractivity contribution in [3.05, 3.63) is 0 Å². The smallest absolute Gasteiger partial charge is 0.166 e. The second-order valence-electron chi connectivity index (χ2n) is 4.93. The number of rotatable bonds is 1. The fraction of sp³-hybridized carbons (Fsp3) is 0.900. The molecule has 14 heavy (non-hydrogen) atoms. The highest BCUT2D eigenvalue weighted by Gasteiger charge is 2.72. The van der Waals surface area contributed by atoms with E-state index in [4.69, 9.17) is 0 Å². The molecule has 0 aromatic carbocycles. The van der Waals surface area contributed by atoms with Crippen LogP contribution in [0.5, 0.6) is 0 Å². The minimum Gasteiger partial charge on any atom is -0.296 e. The summed E-state index contributed by atoms with van der Waals surface area (Å²) in [6.07, 6.45) is 2.15. The maximum Gasteiger partial charge on any atom is 0.166 e.